The van der Waals surface area contributed by atoms with E-state index in [1.165, 1.54) is 29.3 Å². The highest BCUT2D eigenvalue weighted by Gasteiger charge is 2.14. The number of hydrogen-bond acceptors (Lipinski definition) is 6. The van der Waals surface area contributed by atoms with Gasteiger partial charge in [0.05, 0.1) is 25.9 Å². The number of benzene rings is 1. The minimum atomic E-state index is -0.491. The highest BCUT2D eigenvalue weighted by molar-refractivity contribution is 7.17. The Bertz CT molecular complexity index is 912. The van der Waals surface area contributed by atoms with Crippen LogP contribution in [0.4, 0.5) is 0 Å². The molecule has 0 saturated carbocycles. The van der Waals surface area contributed by atoms with E-state index in [1.807, 2.05) is 29.6 Å². The number of fused-ring (bicyclic) bond motifs is 1. The van der Waals surface area contributed by atoms with Crippen molar-refractivity contribution in [2.75, 3.05) is 14.2 Å². The lowest BCUT2D eigenvalue weighted by Gasteiger charge is -2.05. The van der Waals surface area contributed by atoms with Gasteiger partial charge in [-0.15, -0.1) is 11.3 Å². The number of ether oxygens (including phenoxy) is 2. The Hall–Kier alpha value is -2.67. The van der Waals surface area contributed by atoms with Crippen molar-refractivity contribution in [3.05, 3.63) is 46.3 Å². The van der Waals surface area contributed by atoms with Gasteiger partial charge in [-0.25, -0.2) is 4.98 Å². The molecule has 118 valence electrons. The van der Waals surface area contributed by atoms with Crippen LogP contribution >= 0.6 is 11.3 Å². The van der Waals surface area contributed by atoms with Gasteiger partial charge in [0.15, 0.2) is 0 Å². The molecule has 6 nitrogen and oxygen atoms in total. The number of hydrogen-bond donors (Lipinski definition) is 0. The summed E-state index contributed by atoms with van der Waals surface area (Å²) in [6, 6.07) is 7.44. The van der Waals surface area contributed by atoms with Crippen LogP contribution in [0.5, 0.6) is 5.75 Å². The lowest BCUT2D eigenvalue weighted by atomic mass is 10.1. The maximum absolute atomic E-state index is 12.7. The number of esters is 1. The number of rotatable bonds is 4. The quantitative estimate of drug-likeness (QED) is 0.687. The third-order valence-corrected chi connectivity index (χ3v) is 4.38. The summed E-state index contributed by atoms with van der Waals surface area (Å²) in [6.45, 7) is -0.157. The van der Waals surface area contributed by atoms with E-state index in [0.29, 0.717) is 10.2 Å². The van der Waals surface area contributed by atoms with Crippen LogP contribution in [0, 0.1) is 0 Å². The summed E-state index contributed by atoms with van der Waals surface area (Å²) in [5, 5.41) is 2.40. The molecule has 2 aromatic heterocycles. The molecule has 0 N–H and O–H groups in total. The van der Waals surface area contributed by atoms with Gasteiger partial charge in [-0.2, -0.15) is 0 Å². The second-order valence-corrected chi connectivity index (χ2v) is 5.67. The molecule has 0 fully saturated rings. The monoisotopic (exact) mass is 330 g/mol. The minimum Gasteiger partial charge on any atom is -0.497 e. The Morgan fingerprint density at radius 3 is 2.65 bits per heavy atom. The van der Waals surface area contributed by atoms with Gasteiger partial charge in [-0.05, 0) is 17.7 Å². The van der Waals surface area contributed by atoms with Crippen molar-refractivity contribution in [2.45, 2.75) is 6.54 Å². The number of nitrogens with zero attached hydrogens (tertiary/aromatic N) is 2. The first-order valence-corrected chi connectivity index (χ1v) is 7.70. The van der Waals surface area contributed by atoms with Gasteiger partial charge in [-0.3, -0.25) is 14.2 Å². The van der Waals surface area contributed by atoms with Crippen LogP contribution in [0.1, 0.15) is 0 Å². The molecule has 0 radical (unpaired) electrons. The molecule has 0 bridgehead atoms. The van der Waals surface area contributed by atoms with Gasteiger partial charge in [0.25, 0.3) is 5.56 Å². The van der Waals surface area contributed by atoms with E-state index in [9.17, 15) is 9.59 Å². The lowest BCUT2D eigenvalue weighted by Crippen LogP contribution is -2.25. The first kappa shape index (κ1) is 15.2. The second-order valence-electron chi connectivity index (χ2n) is 4.81. The molecule has 7 heteroatoms. The van der Waals surface area contributed by atoms with E-state index in [0.717, 1.165) is 16.9 Å². The molecule has 0 spiro atoms. The number of methoxy groups -OCH3 is 2. The second kappa shape index (κ2) is 6.21. The fourth-order valence-electron chi connectivity index (χ4n) is 2.27. The molecule has 0 unspecified atom stereocenters. The van der Waals surface area contributed by atoms with Crippen LogP contribution in [0.2, 0.25) is 0 Å². The van der Waals surface area contributed by atoms with Crippen molar-refractivity contribution >= 4 is 27.5 Å². The first-order chi connectivity index (χ1) is 11.1. The molecule has 2 heterocycles. The topological polar surface area (TPSA) is 70.4 Å². The van der Waals surface area contributed by atoms with E-state index < -0.39 is 5.97 Å². The largest absolute Gasteiger partial charge is 0.497 e. The van der Waals surface area contributed by atoms with Crippen LogP contribution in [0.15, 0.2) is 40.8 Å². The molecular weight excluding hydrogens is 316 g/mol. The zero-order valence-electron chi connectivity index (χ0n) is 12.6. The number of thiophene rings is 1. The summed E-state index contributed by atoms with van der Waals surface area (Å²) < 4.78 is 11.0. The summed E-state index contributed by atoms with van der Waals surface area (Å²) in [5.74, 6) is 0.254. The highest BCUT2D eigenvalue weighted by atomic mass is 32.1. The number of carbonyl (C=O) groups is 1. The van der Waals surface area contributed by atoms with Crippen molar-refractivity contribution in [3.63, 3.8) is 0 Å². The minimum absolute atomic E-state index is 0.157. The Labute approximate surface area is 135 Å². The van der Waals surface area contributed by atoms with E-state index >= 15 is 0 Å². The summed E-state index contributed by atoms with van der Waals surface area (Å²) in [4.78, 5) is 29.0. The maximum Gasteiger partial charge on any atom is 0.325 e. The van der Waals surface area contributed by atoms with Gasteiger partial charge < -0.3 is 9.47 Å². The SMILES string of the molecule is COC(=O)Cn1cnc2scc(-c3ccc(OC)cc3)c2c1=O. The Morgan fingerprint density at radius 2 is 2.00 bits per heavy atom. The van der Waals surface area contributed by atoms with Crippen LogP contribution < -0.4 is 10.3 Å². The van der Waals surface area contributed by atoms with E-state index in [2.05, 4.69) is 9.72 Å². The fraction of sp³-hybridized carbons (Fsp3) is 0.188. The first-order valence-electron chi connectivity index (χ1n) is 6.82. The number of aromatic nitrogens is 2. The molecule has 0 saturated heterocycles. The third-order valence-electron chi connectivity index (χ3n) is 3.49. The highest BCUT2D eigenvalue weighted by Crippen LogP contribution is 2.31. The van der Waals surface area contributed by atoms with Crippen LogP contribution in [-0.4, -0.2) is 29.7 Å². The molecule has 0 atom stereocenters. The van der Waals surface area contributed by atoms with Crippen LogP contribution in [0.25, 0.3) is 21.3 Å². The van der Waals surface area contributed by atoms with Crippen molar-refractivity contribution in [1.29, 1.82) is 0 Å². The van der Waals surface area contributed by atoms with Crippen LogP contribution in [-0.2, 0) is 16.1 Å². The van der Waals surface area contributed by atoms with Gasteiger partial charge in [0.2, 0.25) is 0 Å². The normalized spacial score (nSPS) is 10.7. The summed E-state index contributed by atoms with van der Waals surface area (Å²) in [6.07, 6.45) is 1.37. The Balaban J connectivity index is 2.12. The van der Waals surface area contributed by atoms with Crippen LogP contribution in [0.3, 0.4) is 0 Å². The average molecular weight is 330 g/mol. The lowest BCUT2D eigenvalue weighted by molar-refractivity contribution is -0.141. The predicted octanol–water partition coefficient (Wildman–Crippen LogP) is 2.31. The molecule has 3 aromatic rings. The Kier molecular flexibility index (Phi) is 4.12. The Morgan fingerprint density at radius 1 is 1.26 bits per heavy atom. The molecule has 3 rings (SSSR count). The average Bonchev–Trinajstić information content (AvgIpc) is 3.02. The summed E-state index contributed by atoms with van der Waals surface area (Å²) in [5.41, 5.74) is 1.43. The molecule has 0 aliphatic heterocycles. The summed E-state index contributed by atoms with van der Waals surface area (Å²) in [7, 11) is 2.89. The van der Waals surface area contributed by atoms with Gasteiger partial charge in [-0.1, -0.05) is 12.1 Å². The van der Waals surface area contributed by atoms with E-state index in [1.54, 1.807) is 7.11 Å². The standard InChI is InChI=1S/C16H14N2O4S/c1-21-11-5-3-10(4-6-11)12-8-23-15-14(12)16(20)18(9-17-15)7-13(19)22-2/h3-6,8-9H,7H2,1-2H3. The molecule has 0 aliphatic rings. The third kappa shape index (κ3) is 2.83. The van der Waals surface area contributed by atoms with Crippen molar-refractivity contribution in [3.8, 4) is 16.9 Å². The summed E-state index contributed by atoms with van der Waals surface area (Å²) >= 11 is 1.39. The number of carbonyl (C=O) groups excluding carboxylic acids is 1. The van der Waals surface area contributed by atoms with Crippen molar-refractivity contribution < 1.29 is 14.3 Å². The van der Waals surface area contributed by atoms with E-state index in [-0.39, 0.29) is 12.1 Å². The smallest absolute Gasteiger partial charge is 0.325 e. The zero-order valence-corrected chi connectivity index (χ0v) is 13.4. The van der Waals surface area contributed by atoms with Gasteiger partial charge in [0, 0.05) is 10.9 Å². The molecule has 0 amide bonds. The van der Waals surface area contributed by atoms with Crippen molar-refractivity contribution in [1.82, 2.24) is 9.55 Å². The fourth-order valence-corrected chi connectivity index (χ4v) is 3.17. The van der Waals surface area contributed by atoms with Gasteiger partial charge in [0.1, 0.15) is 17.1 Å². The maximum atomic E-state index is 12.7. The molecule has 1 aromatic carbocycles. The molecular formula is C16H14N2O4S. The predicted molar refractivity (Wildman–Crippen MR) is 87.9 cm³/mol. The zero-order chi connectivity index (χ0) is 16.4. The van der Waals surface area contributed by atoms with Crippen molar-refractivity contribution in [2.24, 2.45) is 0 Å². The molecule has 0 aliphatic carbocycles. The van der Waals surface area contributed by atoms with Gasteiger partial charge >= 0.3 is 5.97 Å². The van der Waals surface area contributed by atoms with E-state index in [4.69, 9.17) is 4.74 Å². The molecule has 23 heavy (non-hydrogen) atoms.